The molecule has 19 heavy (non-hydrogen) atoms. The maximum Gasteiger partial charge on any atom is 0.0462 e. The molecular weight excluding hydrogens is 302 g/mol. The lowest BCUT2D eigenvalue weighted by atomic mass is 9.94. The van der Waals surface area contributed by atoms with E-state index in [9.17, 15) is 0 Å². The minimum atomic E-state index is 0.713. The van der Waals surface area contributed by atoms with Crippen molar-refractivity contribution in [3.8, 4) is 0 Å². The molecule has 1 aliphatic rings. The van der Waals surface area contributed by atoms with E-state index >= 15 is 0 Å². The van der Waals surface area contributed by atoms with Gasteiger partial charge in [0.05, 0.1) is 0 Å². The maximum atomic E-state index is 5.17. The summed E-state index contributed by atoms with van der Waals surface area (Å²) in [6.45, 7) is 2.01. The third-order valence-corrected chi connectivity index (χ3v) is 4.14. The van der Waals surface area contributed by atoms with Crippen LogP contribution in [0.15, 0.2) is 28.7 Å². The van der Waals surface area contributed by atoms with E-state index < -0.39 is 0 Å². The SMILES string of the molecule is COCCCC(CNC1CC1)Cc1cccc(Br)c1. The molecule has 1 N–H and O–H groups in total. The minimum absolute atomic E-state index is 0.713. The van der Waals surface area contributed by atoms with Gasteiger partial charge in [0, 0.05) is 24.2 Å². The Bertz CT molecular complexity index is 379. The molecule has 2 nitrogen and oxygen atoms in total. The van der Waals surface area contributed by atoms with Crippen molar-refractivity contribution in [3.05, 3.63) is 34.3 Å². The van der Waals surface area contributed by atoms with E-state index in [1.54, 1.807) is 7.11 Å². The predicted molar refractivity (Wildman–Crippen MR) is 83.5 cm³/mol. The Morgan fingerprint density at radius 2 is 2.26 bits per heavy atom. The van der Waals surface area contributed by atoms with E-state index in [0.29, 0.717) is 5.92 Å². The van der Waals surface area contributed by atoms with Crippen LogP contribution in [0.3, 0.4) is 0 Å². The Morgan fingerprint density at radius 3 is 2.95 bits per heavy atom. The smallest absolute Gasteiger partial charge is 0.0462 e. The Kier molecular flexibility index (Phi) is 6.35. The second kappa shape index (κ2) is 8.03. The summed E-state index contributed by atoms with van der Waals surface area (Å²) in [7, 11) is 1.78. The van der Waals surface area contributed by atoms with Crippen LogP contribution in [-0.2, 0) is 11.2 Å². The normalized spacial score (nSPS) is 16.5. The largest absolute Gasteiger partial charge is 0.385 e. The summed E-state index contributed by atoms with van der Waals surface area (Å²) in [6, 6.07) is 9.48. The van der Waals surface area contributed by atoms with Crippen LogP contribution in [0.1, 0.15) is 31.2 Å². The van der Waals surface area contributed by atoms with E-state index in [-0.39, 0.29) is 0 Å². The summed E-state index contributed by atoms with van der Waals surface area (Å²) >= 11 is 3.55. The van der Waals surface area contributed by atoms with E-state index in [4.69, 9.17) is 4.74 Å². The highest BCUT2D eigenvalue weighted by Crippen LogP contribution is 2.21. The average molecular weight is 326 g/mol. The number of methoxy groups -OCH3 is 1. The van der Waals surface area contributed by atoms with Crippen LogP contribution >= 0.6 is 15.9 Å². The van der Waals surface area contributed by atoms with Gasteiger partial charge in [0.2, 0.25) is 0 Å². The third-order valence-electron chi connectivity index (χ3n) is 3.65. The van der Waals surface area contributed by atoms with Crippen molar-refractivity contribution in [3.63, 3.8) is 0 Å². The van der Waals surface area contributed by atoms with Crippen molar-refractivity contribution in [1.29, 1.82) is 0 Å². The highest BCUT2D eigenvalue weighted by atomic mass is 79.9. The lowest BCUT2D eigenvalue weighted by Gasteiger charge is -2.18. The number of rotatable bonds is 9. The van der Waals surface area contributed by atoms with E-state index in [2.05, 4.69) is 45.5 Å². The molecule has 0 bridgehead atoms. The van der Waals surface area contributed by atoms with Gasteiger partial charge in [-0.15, -0.1) is 0 Å². The van der Waals surface area contributed by atoms with E-state index in [1.807, 2.05) is 0 Å². The fourth-order valence-corrected chi connectivity index (χ4v) is 2.86. The first kappa shape index (κ1) is 15.0. The lowest BCUT2D eigenvalue weighted by molar-refractivity contribution is 0.186. The van der Waals surface area contributed by atoms with Gasteiger partial charge >= 0.3 is 0 Å². The quantitative estimate of drug-likeness (QED) is 0.697. The molecule has 0 aliphatic heterocycles. The lowest BCUT2D eigenvalue weighted by Crippen LogP contribution is -2.26. The summed E-state index contributed by atoms with van der Waals surface area (Å²) in [6.07, 6.45) is 6.27. The van der Waals surface area contributed by atoms with Crippen LogP contribution in [0.4, 0.5) is 0 Å². The Morgan fingerprint density at radius 1 is 1.42 bits per heavy atom. The topological polar surface area (TPSA) is 21.3 Å². The zero-order valence-corrected chi connectivity index (χ0v) is 13.3. The van der Waals surface area contributed by atoms with Gasteiger partial charge in [-0.1, -0.05) is 28.1 Å². The van der Waals surface area contributed by atoms with Gasteiger partial charge in [0.25, 0.3) is 0 Å². The third kappa shape index (κ3) is 6.07. The molecule has 3 heteroatoms. The summed E-state index contributed by atoms with van der Waals surface area (Å²) in [4.78, 5) is 0. The molecule has 1 fully saturated rings. The van der Waals surface area contributed by atoms with Crippen molar-refractivity contribution in [2.24, 2.45) is 5.92 Å². The zero-order valence-electron chi connectivity index (χ0n) is 11.7. The van der Waals surface area contributed by atoms with Crippen molar-refractivity contribution >= 4 is 15.9 Å². The summed E-state index contributed by atoms with van der Waals surface area (Å²) < 4.78 is 6.35. The van der Waals surface area contributed by atoms with Crippen LogP contribution in [-0.4, -0.2) is 26.3 Å². The predicted octanol–water partition coefficient (Wildman–Crippen LogP) is 3.79. The zero-order chi connectivity index (χ0) is 13.5. The van der Waals surface area contributed by atoms with Crippen molar-refractivity contribution in [1.82, 2.24) is 5.32 Å². The second-order valence-electron chi connectivity index (χ2n) is 5.52. The summed E-state index contributed by atoms with van der Waals surface area (Å²) in [5.74, 6) is 0.713. The molecule has 0 heterocycles. The summed E-state index contributed by atoms with van der Waals surface area (Å²) in [5, 5.41) is 3.67. The highest BCUT2D eigenvalue weighted by Gasteiger charge is 2.21. The first-order valence-electron chi connectivity index (χ1n) is 7.24. The first-order chi connectivity index (χ1) is 9.28. The van der Waals surface area contributed by atoms with Gasteiger partial charge in [-0.2, -0.15) is 0 Å². The number of benzene rings is 1. The first-order valence-corrected chi connectivity index (χ1v) is 8.04. The van der Waals surface area contributed by atoms with Gasteiger partial charge in [-0.25, -0.2) is 0 Å². The summed E-state index contributed by atoms with van der Waals surface area (Å²) in [5.41, 5.74) is 1.43. The van der Waals surface area contributed by atoms with E-state index in [1.165, 1.54) is 29.3 Å². The molecule has 1 aromatic carbocycles. The van der Waals surface area contributed by atoms with Crippen LogP contribution < -0.4 is 5.32 Å². The molecule has 1 aliphatic carbocycles. The fourth-order valence-electron chi connectivity index (χ4n) is 2.41. The molecule has 0 aromatic heterocycles. The number of hydrogen-bond acceptors (Lipinski definition) is 2. The minimum Gasteiger partial charge on any atom is -0.385 e. The van der Waals surface area contributed by atoms with Crippen LogP contribution in [0.2, 0.25) is 0 Å². The maximum absolute atomic E-state index is 5.17. The van der Waals surface area contributed by atoms with Gasteiger partial charge in [-0.3, -0.25) is 0 Å². The molecule has 1 aromatic rings. The van der Waals surface area contributed by atoms with Gasteiger partial charge in [-0.05, 0) is 62.3 Å². The second-order valence-corrected chi connectivity index (χ2v) is 6.43. The van der Waals surface area contributed by atoms with Crippen molar-refractivity contribution < 1.29 is 4.74 Å². The molecule has 1 saturated carbocycles. The average Bonchev–Trinajstić information content (AvgIpc) is 3.20. The number of halogens is 1. The van der Waals surface area contributed by atoms with Crippen LogP contribution in [0, 0.1) is 5.92 Å². The van der Waals surface area contributed by atoms with Crippen molar-refractivity contribution in [2.45, 2.75) is 38.1 Å². The molecule has 0 radical (unpaired) electrons. The number of nitrogens with one attached hydrogen (secondary N) is 1. The molecule has 0 spiro atoms. The van der Waals surface area contributed by atoms with Crippen LogP contribution in [0.5, 0.6) is 0 Å². The van der Waals surface area contributed by atoms with E-state index in [0.717, 1.165) is 32.0 Å². The number of hydrogen-bond donors (Lipinski definition) is 1. The molecular formula is C16H24BrNO. The Hall–Kier alpha value is -0.380. The van der Waals surface area contributed by atoms with Gasteiger partial charge in [0.15, 0.2) is 0 Å². The van der Waals surface area contributed by atoms with Gasteiger partial charge < -0.3 is 10.1 Å². The Balaban J connectivity index is 1.83. The molecule has 1 atom stereocenters. The molecule has 0 amide bonds. The van der Waals surface area contributed by atoms with Crippen molar-refractivity contribution in [2.75, 3.05) is 20.3 Å². The fraction of sp³-hybridized carbons (Fsp3) is 0.625. The monoisotopic (exact) mass is 325 g/mol. The number of ether oxygens (including phenoxy) is 1. The van der Waals surface area contributed by atoms with Gasteiger partial charge in [0.1, 0.15) is 0 Å². The molecule has 0 saturated heterocycles. The Labute approximate surface area is 125 Å². The van der Waals surface area contributed by atoms with Crippen LogP contribution in [0.25, 0.3) is 0 Å². The molecule has 1 unspecified atom stereocenters. The molecule has 2 rings (SSSR count). The standard InChI is InChI=1S/C16H24BrNO/c1-19-9-3-5-14(12-18-16-7-8-16)10-13-4-2-6-15(17)11-13/h2,4,6,11,14,16,18H,3,5,7-10,12H2,1H3. The highest BCUT2D eigenvalue weighted by molar-refractivity contribution is 9.10. The molecule has 106 valence electrons.